The number of aromatic hydroxyl groups is 1. The highest BCUT2D eigenvalue weighted by Crippen LogP contribution is 2.28. The summed E-state index contributed by atoms with van der Waals surface area (Å²) in [6.07, 6.45) is 0. The molecular weight excluding hydrogens is 293 g/mol. The van der Waals surface area contributed by atoms with Gasteiger partial charge in [0.05, 0.1) is 15.6 Å². The first-order valence-corrected chi connectivity index (χ1v) is 7.01. The second-order valence-electron chi connectivity index (χ2n) is 3.72. The highest BCUT2D eigenvalue weighted by atomic mass is 35.5. The van der Waals surface area contributed by atoms with E-state index in [0.717, 1.165) is 24.3 Å². The molecule has 2 N–H and O–H groups in total. The third kappa shape index (κ3) is 3.15. The van der Waals surface area contributed by atoms with Crippen LogP contribution in [0.15, 0.2) is 47.4 Å². The van der Waals surface area contributed by atoms with Crippen LogP contribution in [0.2, 0.25) is 5.02 Å². The summed E-state index contributed by atoms with van der Waals surface area (Å²) in [6.45, 7) is 0. The van der Waals surface area contributed by atoms with Gasteiger partial charge in [0.2, 0.25) is 0 Å². The number of benzene rings is 2. The maximum atomic E-state index is 12.7. The highest BCUT2D eigenvalue weighted by Gasteiger charge is 2.15. The molecule has 0 amide bonds. The second kappa shape index (κ2) is 5.07. The number of anilines is 1. The number of phenolic OH excluding ortho intramolecular Hbond substituents is 1. The monoisotopic (exact) mass is 301 g/mol. The molecule has 0 spiro atoms. The fourth-order valence-electron chi connectivity index (χ4n) is 1.40. The lowest BCUT2D eigenvalue weighted by Crippen LogP contribution is -2.13. The first-order valence-electron chi connectivity index (χ1n) is 5.15. The minimum atomic E-state index is -3.85. The Kier molecular flexibility index (Phi) is 3.64. The van der Waals surface area contributed by atoms with Crippen molar-refractivity contribution in [2.45, 2.75) is 4.90 Å². The molecule has 0 aliphatic heterocycles. The summed E-state index contributed by atoms with van der Waals surface area (Å²) >= 11 is 5.80. The number of hydrogen-bond acceptors (Lipinski definition) is 3. The minimum absolute atomic E-state index is 0.0608. The molecule has 0 atom stereocenters. The molecule has 0 heterocycles. The maximum absolute atomic E-state index is 12.7. The smallest absolute Gasteiger partial charge is 0.261 e. The van der Waals surface area contributed by atoms with Gasteiger partial charge in [-0.05, 0) is 36.4 Å². The number of sulfonamides is 1. The van der Waals surface area contributed by atoms with E-state index in [9.17, 15) is 17.9 Å². The van der Waals surface area contributed by atoms with E-state index in [-0.39, 0.29) is 21.4 Å². The van der Waals surface area contributed by atoms with Crippen LogP contribution in [0.4, 0.5) is 10.1 Å². The van der Waals surface area contributed by atoms with Crippen LogP contribution in [0.5, 0.6) is 5.75 Å². The SMILES string of the molecule is O=S(=O)(Nc1ccc(O)cc1Cl)c1ccc(F)cc1. The molecule has 0 aliphatic rings. The molecule has 0 saturated carbocycles. The lowest BCUT2D eigenvalue weighted by molar-refractivity contribution is 0.475. The molecule has 0 fully saturated rings. The van der Waals surface area contributed by atoms with Gasteiger partial charge in [-0.1, -0.05) is 11.6 Å². The molecule has 0 aromatic heterocycles. The molecule has 2 aromatic carbocycles. The zero-order chi connectivity index (χ0) is 14.0. The van der Waals surface area contributed by atoms with Gasteiger partial charge in [0.15, 0.2) is 0 Å². The van der Waals surface area contributed by atoms with Crippen molar-refractivity contribution >= 4 is 27.3 Å². The molecule has 19 heavy (non-hydrogen) atoms. The lowest BCUT2D eigenvalue weighted by Gasteiger charge is -2.09. The van der Waals surface area contributed by atoms with Gasteiger partial charge in [0.25, 0.3) is 10.0 Å². The van der Waals surface area contributed by atoms with Crippen molar-refractivity contribution in [3.8, 4) is 5.75 Å². The second-order valence-corrected chi connectivity index (χ2v) is 5.81. The van der Waals surface area contributed by atoms with Crippen molar-refractivity contribution < 1.29 is 17.9 Å². The molecule has 4 nitrogen and oxygen atoms in total. The number of rotatable bonds is 3. The minimum Gasteiger partial charge on any atom is -0.508 e. The van der Waals surface area contributed by atoms with Crippen LogP contribution in [-0.4, -0.2) is 13.5 Å². The predicted octanol–water partition coefficient (Wildman–Crippen LogP) is 2.99. The van der Waals surface area contributed by atoms with Crippen LogP contribution >= 0.6 is 11.6 Å². The lowest BCUT2D eigenvalue weighted by atomic mass is 10.3. The van der Waals surface area contributed by atoms with Gasteiger partial charge in [-0.2, -0.15) is 0 Å². The Balaban J connectivity index is 2.33. The number of phenols is 1. The summed E-state index contributed by atoms with van der Waals surface area (Å²) in [7, 11) is -3.85. The van der Waals surface area contributed by atoms with Crippen LogP contribution in [0.3, 0.4) is 0 Å². The first kappa shape index (κ1) is 13.6. The summed E-state index contributed by atoms with van der Waals surface area (Å²) in [5.41, 5.74) is 0.129. The Bertz CT molecular complexity index is 701. The van der Waals surface area contributed by atoms with Crippen LogP contribution in [0.25, 0.3) is 0 Å². The fraction of sp³-hybridized carbons (Fsp3) is 0. The molecule has 7 heteroatoms. The Morgan fingerprint density at radius 1 is 1.11 bits per heavy atom. The van der Waals surface area contributed by atoms with Crippen molar-refractivity contribution in [3.05, 3.63) is 53.3 Å². The first-order chi connectivity index (χ1) is 8.88. The van der Waals surface area contributed by atoms with Crippen LogP contribution < -0.4 is 4.72 Å². The van der Waals surface area contributed by atoms with Gasteiger partial charge in [-0.15, -0.1) is 0 Å². The molecule has 0 radical (unpaired) electrons. The highest BCUT2D eigenvalue weighted by molar-refractivity contribution is 7.92. The van der Waals surface area contributed by atoms with E-state index in [4.69, 9.17) is 11.6 Å². The van der Waals surface area contributed by atoms with E-state index in [0.29, 0.717) is 0 Å². The molecule has 2 aromatic rings. The van der Waals surface area contributed by atoms with Crippen molar-refractivity contribution in [1.82, 2.24) is 0 Å². The summed E-state index contributed by atoms with van der Waals surface area (Å²) in [6, 6.07) is 8.23. The average molecular weight is 302 g/mol. The summed E-state index contributed by atoms with van der Waals surface area (Å²) in [5, 5.41) is 9.24. The molecule has 100 valence electrons. The van der Waals surface area contributed by atoms with Crippen LogP contribution in [-0.2, 0) is 10.0 Å². The Morgan fingerprint density at radius 3 is 2.32 bits per heavy atom. The third-order valence-electron chi connectivity index (χ3n) is 2.32. The molecule has 0 unspecified atom stereocenters. The summed E-state index contributed by atoms with van der Waals surface area (Å²) < 4.78 is 39.0. The predicted molar refractivity (Wildman–Crippen MR) is 70.3 cm³/mol. The standard InChI is InChI=1S/C12H9ClFNO3S/c13-11-7-9(16)3-6-12(11)15-19(17,18)10-4-1-8(14)2-5-10/h1-7,15-16H. The normalized spacial score (nSPS) is 11.3. The van der Waals surface area contributed by atoms with Crippen molar-refractivity contribution in [3.63, 3.8) is 0 Å². The Labute approximate surface area is 114 Å². The van der Waals surface area contributed by atoms with E-state index in [2.05, 4.69) is 4.72 Å². The number of halogens is 2. The van der Waals surface area contributed by atoms with E-state index >= 15 is 0 Å². The maximum Gasteiger partial charge on any atom is 0.261 e. The van der Waals surface area contributed by atoms with E-state index < -0.39 is 15.8 Å². The van der Waals surface area contributed by atoms with Crippen molar-refractivity contribution in [1.29, 1.82) is 0 Å². The zero-order valence-corrected chi connectivity index (χ0v) is 11.0. The molecule has 0 bridgehead atoms. The summed E-state index contributed by atoms with van der Waals surface area (Å²) in [5.74, 6) is -0.601. The van der Waals surface area contributed by atoms with Crippen molar-refractivity contribution in [2.24, 2.45) is 0 Å². The van der Waals surface area contributed by atoms with Crippen molar-refractivity contribution in [2.75, 3.05) is 4.72 Å². The van der Waals surface area contributed by atoms with Gasteiger partial charge >= 0.3 is 0 Å². The van der Waals surface area contributed by atoms with E-state index in [1.165, 1.54) is 18.2 Å². The Hall–Kier alpha value is -1.79. The number of hydrogen-bond donors (Lipinski definition) is 2. The molecular formula is C12H9ClFNO3S. The molecule has 2 rings (SSSR count). The van der Waals surface area contributed by atoms with E-state index in [1.807, 2.05) is 0 Å². The van der Waals surface area contributed by atoms with Crippen LogP contribution in [0.1, 0.15) is 0 Å². The van der Waals surface area contributed by atoms with Gasteiger partial charge < -0.3 is 5.11 Å². The number of nitrogens with one attached hydrogen (secondary N) is 1. The van der Waals surface area contributed by atoms with Gasteiger partial charge in [-0.25, -0.2) is 12.8 Å². The topological polar surface area (TPSA) is 66.4 Å². The van der Waals surface area contributed by atoms with E-state index in [1.54, 1.807) is 0 Å². The van der Waals surface area contributed by atoms with Gasteiger partial charge in [-0.3, -0.25) is 4.72 Å². The van der Waals surface area contributed by atoms with Crippen LogP contribution in [0, 0.1) is 5.82 Å². The van der Waals surface area contributed by atoms with Gasteiger partial charge in [0, 0.05) is 6.07 Å². The molecule has 0 aliphatic carbocycles. The fourth-order valence-corrected chi connectivity index (χ4v) is 2.76. The average Bonchev–Trinajstić information content (AvgIpc) is 2.33. The summed E-state index contributed by atoms with van der Waals surface area (Å²) in [4.78, 5) is -0.0851. The third-order valence-corrected chi connectivity index (χ3v) is 4.02. The quantitative estimate of drug-likeness (QED) is 0.857. The zero-order valence-electron chi connectivity index (χ0n) is 9.47. The van der Waals surface area contributed by atoms with Gasteiger partial charge in [0.1, 0.15) is 11.6 Å². The molecule has 0 saturated heterocycles. The Morgan fingerprint density at radius 2 is 1.74 bits per heavy atom. The largest absolute Gasteiger partial charge is 0.508 e.